The van der Waals surface area contributed by atoms with Crippen LogP contribution in [0.4, 0.5) is 4.79 Å². The zero-order chi connectivity index (χ0) is 13.2. The Bertz CT molecular complexity index is 214. The van der Waals surface area contributed by atoms with E-state index in [4.69, 9.17) is 9.47 Å². The van der Waals surface area contributed by atoms with Crippen LogP contribution in [0.3, 0.4) is 0 Å². The molecule has 1 aliphatic rings. The Balaban J connectivity index is 2.12. The van der Waals surface area contributed by atoms with Crippen LogP contribution in [0.25, 0.3) is 0 Å². The summed E-state index contributed by atoms with van der Waals surface area (Å²) in [5.74, 6) is 0. The highest BCUT2D eigenvalue weighted by atomic mass is 16.5. The lowest BCUT2D eigenvalue weighted by Crippen LogP contribution is -2.34. The molecule has 0 atom stereocenters. The normalized spacial score (nSPS) is 15.8. The van der Waals surface area contributed by atoms with Crippen molar-refractivity contribution < 1.29 is 14.3 Å². The standard InChI is InChI=1S/C13H26N2O3/c1-3-5-9-17-11-14-7-8-15(13(14)16)12-18-10-6-4-2/h3-12H2,1-2H3. The molecule has 5 nitrogen and oxygen atoms in total. The summed E-state index contributed by atoms with van der Waals surface area (Å²) in [6.07, 6.45) is 4.33. The van der Waals surface area contributed by atoms with Crippen molar-refractivity contribution in [3.05, 3.63) is 0 Å². The van der Waals surface area contributed by atoms with Crippen LogP contribution < -0.4 is 0 Å². The molecule has 2 amide bonds. The summed E-state index contributed by atoms with van der Waals surface area (Å²) >= 11 is 0. The van der Waals surface area contributed by atoms with Gasteiger partial charge in [0.05, 0.1) is 0 Å². The van der Waals surface area contributed by atoms with E-state index in [0.29, 0.717) is 13.5 Å². The molecule has 1 saturated heterocycles. The van der Waals surface area contributed by atoms with E-state index in [1.807, 2.05) is 0 Å². The number of hydrogen-bond acceptors (Lipinski definition) is 3. The minimum Gasteiger partial charge on any atom is -0.361 e. The van der Waals surface area contributed by atoms with E-state index in [1.54, 1.807) is 9.80 Å². The van der Waals surface area contributed by atoms with E-state index in [2.05, 4.69) is 13.8 Å². The number of carbonyl (C=O) groups is 1. The Kier molecular flexibility index (Phi) is 7.76. The van der Waals surface area contributed by atoms with Crippen LogP contribution in [-0.4, -0.2) is 55.6 Å². The fourth-order valence-electron chi connectivity index (χ4n) is 1.71. The fraction of sp³-hybridized carbons (Fsp3) is 0.923. The van der Waals surface area contributed by atoms with E-state index in [0.717, 1.165) is 52.0 Å². The molecule has 0 spiro atoms. The zero-order valence-electron chi connectivity index (χ0n) is 11.7. The van der Waals surface area contributed by atoms with Crippen LogP contribution in [-0.2, 0) is 9.47 Å². The summed E-state index contributed by atoms with van der Waals surface area (Å²) in [6, 6.07) is 0.0306. The van der Waals surface area contributed by atoms with Crippen LogP contribution in [0.1, 0.15) is 39.5 Å². The smallest absolute Gasteiger partial charge is 0.323 e. The molecule has 18 heavy (non-hydrogen) atoms. The van der Waals surface area contributed by atoms with Gasteiger partial charge in [0.2, 0.25) is 0 Å². The highest BCUT2D eigenvalue weighted by molar-refractivity contribution is 5.76. The number of nitrogens with zero attached hydrogens (tertiary/aromatic N) is 2. The van der Waals surface area contributed by atoms with Gasteiger partial charge in [-0.15, -0.1) is 0 Å². The third kappa shape index (κ3) is 5.23. The van der Waals surface area contributed by atoms with Crippen molar-refractivity contribution in [3.63, 3.8) is 0 Å². The Morgan fingerprint density at radius 3 is 1.78 bits per heavy atom. The second kappa shape index (κ2) is 9.16. The first-order valence-electron chi connectivity index (χ1n) is 6.99. The largest absolute Gasteiger partial charge is 0.361 e. The summed E-state index contributed by atoms with van der Waals surface area (Å²) in [4.78, 5) is 15.4. The maximum atomic E-state index is 11.9. The van der Waals surface area contributed by atoms with Crippen molar-refractivity contribution in [1.29, 1.82) is 0 Å². The van der Waals surface area contributed by atoms with E-state index in [1.165, 1.54) is 0 Å². The van der Waals surface area contributed by atoms with E-state index in [-0.39, 0.29) is 6.03 Å². The number of urea groups is 1. The van der Waals surface area contributed by atoms with Gasteiger partial charge in [-0.3, -0.25) is 9.80 Å². The van der Waals surface area contributed by atoms with Gasteiger partial charge in [0.25, 0.3) is 0 Å². The maximum Gasteiger partial charge on any atom is 0.323 e. The lowest BCUT2D eigenvalue weighted by atomic mass is 10.4. The minimum absolute atomic E-state index is 0.0306. The number of rotatable bonds is 10. The highest BCUT2D eigenvalue weighted by Gasteiger charge is 2.27. The van der Waals surface area contributed by atoms with Crippen LogP contribution in [0.15, 0.2) is 0 Å². The third-order valence-electron chi connectivity index (χ3n) is 2.96. The molecule has 0 aromatic carbocycles. The molecule has 0 unspecified atom stereocenters. The molecule has 0 saturated carbocycles. The van der Waals surface area contributed by atoms with Gasteiger partial charge in [0, 0.05) is 26.3 Å². The van der Waals surface area contributed by atoms with Crippen LogP contribution in [0, 0.1) is 0 Å². The SMILES string of the molecule is CCCCOCN1CCN(COCCCC)C1=O. The second-order valence-corrected chi connectivity index (χ2v) is 4.59. The Labute approximate surface area is 110 Å². The van der Waals surface area contributed by atoms with Crippen LogP contribution in [0.2, 0.25) is 0 Å². The fourth-order valence-corrected chi connectivity index (χ4v) is 1.71. The third-order valence-corrected chi connectivity index (χ3v) is 2.96. The molecular weight excluding hydrogens is 232 g/mol. The van der Waals surface area contributed by atoms with Crippen LogP contribution in [0.5, 0.6) is 0 Å². The van der Waals surface area contributed by atoms with Gasteiger partial charge in [0.1, 0.15) is 13.5 Å². The van der Waals surface area contributed by atoms with Gasteiger partial charge in [-0.2, -0.15) is 0 Å². The average molecular weight is 258 g/mol. The summed E-state index contributed by atoms with van der Waals surface area (Å²) in [7, 11) is 0. The maximum absolute atomic E-state index is 11.9. The van der Waals surface area contributed by atoms with E-state index < -0.39 is 0 Å². The molecule has 0 aliphatic carbocycles. The van der Waals surface area contributed by atoms with E-state index in [9.17, 15) is 4.79 Å². The van der Waals surface area contributed by atoms with Gasteiger partial charge in [-0.05, 0) is 12.8 Å². The average Bonchev–Trinajstić information content (AvgIpc) is 2.72. The molecule has 1 heterocycles. The first-order valence-corrected chi connectivity index (χ1v) is 6.99. The minimum atomic E-state index is 0.0306. The highest BCUT2D eigenvalue weighted by Crippen LogP contribution is 2.08. The van der Waals surface area contributed by atoms with Gasteiger partial charge in [-0.1, -0.05) is 26.7 Å². The number of amides is 2. The monoisotopic (exact) mass is 258 g/mol. The van der Waals surface area contributed by atoms with Crippen molar-refractivity contribution in [3.8, 4) is 0 Å². The molecule has 0 aromatic heterocycles. The van der Waals surface area contributed by atoms with Gasteiger partial charge in [-0.25, -0.2) is 4.79 Å². The first-order chi connectivity index (χ1) is 8.79. The second-order valence-electron chi connectivity index (χ2n) is 4.59. The number of carbonyl (C=O) groups excluding carboxylic acids is 1. The molecule has 0 aromatic rings. The summed E-state index contributed by atoms with van der Waals surface area (Å²) in [5, 5.41) is 0. The van der Waals surface area contributed by atoms with Crippen LogP contribution >= 0.6 is 0 Å². The quantitative estimate of drug-likeness (QED) is 0.564. The molecule has 0 radical (unpaired) electrons. The van der Waals surface area contributed by atoms with Gasteiger partial charge >= 0.3 is 6.03 Å². The predicted molar refractivity (Wildman–Crippen MR) is 70.3 cm³/mol. The molecular formula is C13H26N2O3. The molecule has 1 fully saturated rings. The van der Waals surface area contributed by atoms with Crippen molar-refractivity contribution in [2.75, 3.05) is 39.8 Å². The molecule has 0 N–H and O–H groups in total. The topological polar surface area (TPSA) is 42.0 Å². The Morgan fingerprint density at radius 2 is 1.39 bits per heavy atom. The first kappa shape index (κ1) is 15.2. The molecule has 1 rings (SSSR count). The van der Waals surface area contributed by atoms with Crippen molar-refractivity contribution in [2.24, 2.45) is 0 Å². The van der Waals surface area contributed by atoms with Crippen molar-refractivity contribution >= 4 is 6.03 Å². The van der Waals surface area contributed by atoms with E-state index >= 15 is 0 Å². The molecule has 1 aliphatic heterocycles. The summed E-state index contributed by atoms with van der Waals surface area (Å²) in [5.41, 5.74) is 0. The molecule has 106 valence electrons. The Morgan fingerprint density at radius 1 is 0.944 bits per heavy atom. The lowest BCUT2D eigenvalue weighted by molar-refractivity contribution is 0.0391. The van der Waals surface area contributed by atoms with Gasteiger partial charge < -0.3 is 9.47 Å². The number of unbranched alkanes of at least 4 members (excludes halogenated alkanes) is 2. The molecule has 0 bridgehead atoms. The van der Waals surface area contributed by atoms with Crippen molar-refractivity contribution in [1.82, 2.24) is 9.80 Å². The number of hydrogen-bond donors (Lipinski definition) is 0. The Hall–Kier alpha value is -0.810. The van der Waals surface area contributed by atoms with Gasteiger partial charge in [0.15, 0.2) is 0 Å². The predicted octanol–water partition coefficient (Wildman–Crippen LogP) is 2.27. The lowest BCUT2D eigenvalue weighted by Gasteiger charge is -2.18. The molecule has 5 heteroatoms. The van der Waals surface area contributed by atoms with Crippen molar-refractivity contribution in [2.45, 2.75) is 39.5 Å². The zero-order valence-corrected chi connectivity index (χ0v) is 11.7. The number of ether oxygens (including phenoxy) is 2. The summed E-state index contributed by atoms with van der Waals surface area (Å²) < 4.78 is 10.9. The summed E-state index contributed by atoms with van der Waals surface area (Å²) in [6.45, 7) is 8.00.